The predicted octanol–water partition coefficient (Wildman–Crippen LogP) is 1.79. The highest BCUT2D eigenvalue weighted by atomic mass is 16.5. The number of methoxy groups -OCH3 is 1. The fourth-order valence-corrected chi connectivity index (χ4v) is 3.18. The molecule has 4 heteroatoms. The van der Waals surface area contributed by atoms with Gasteiger partial charge < -0.3 is 10.1 Å². The van der Waals surface area contributed by atoms with E-state index in [1.165, 1.54) is 7.11 Å². The monoisotopic (exact) mass is 256 g/mol. The Balaban J connectivity index is 2.76. The van der Waals surface area contributed by atoms with E-state index >= 15 is 0 Å². The number of carbonyl (C=O) groups excluding carboxylic acids is 1. The van der Waals surface area contributed by atoms with Gasteiger partial charge in [0.05, 0.1) is 7.11 Å². The number of hydrogen-bond acceptors (Lipinski definition) is 4. The summed E-state index contributed by atoms with van der Waals surface area (Å²) in [6.07, 6.45) is 3.94. The maximum absolute atomic E-state index is 12.0. The van der Waals surface area contributed by atoms with Crippen LogP contribution in [0.5, 0.6) is 0 Å². The van der Waals surface area contributed by atoms with Gasteiger partial charge in [0.25, 0.3) is 0 Å². The van der Waals surface area contributed by atoms with Crippen LogP contribution in [0.2, 0.25) is 0 Å². The maximum Gasteiger partial charge on any atom is 0.326 e. The number of likely N-dealkylation sites (N-methyl/N-ethyl adjacent to an activating group) is 1. The fourth-order valence-electron chi connectivity index (χ4n) is 3.18. The van der Waals surface area contributed by atoms with Crippen LogP contribution in [0.4, 0.5) is 0 Å². The van der Waals surface area contributed by atoms with Gasteiger partial charge in [-0.15, -0.1) is 0 Å². The minimum atomic E-state index is -0.472. The van der Waals surface area contributed by atoms with Crippen molar-refractivity contribution in [3.63, 3.8) is 0 Å². The molecule has 0 amide bonds. The zero-order chi connectivity index (χ0) is 13.8. The molecule has 106 valence electrons. The highest BCUT2D eigenvalue weighted by molar-refractivity contribution is 5.81. The topological polar surface area (TPSA) is 41.6 Å². The maximum atomic E-state index is 12.0. The lowest BCUT2D eigenvalue weighted by Gasteiger charge is -2.34. The molecule has 1 aliphatic carbocycles. The van der Waals surface area contributed by atoms with Crippen molar-refractivity contribution in [2.75, 3.05) is 20.7 Å². The number of nitrogens with one attached hydrogen (secondary N) is 1. The van der Waals surface area contributed by atoms with Crippen LogP contribution in [0.3, 0.4) is 0 Å². The van der Waals surface area contributed by atoms with Crippen molar-refractivity contribution < 1.29 is 9.53 Å². The number of ether oxygens (including phenoxy) is 1. The van der Waals surface area contributed by atoms with Gasteiger partial charge in [0.15, 0.2) is 0 Å². The van der Waals surface area contributed by atoms with Crippen LogP contribution in [0.1, 0.15) is 46.5 Å². The summed E-state index contributed by atoms with van der Waals surface area (Å²) in [7, 11) is 3.33. The lowest BCUT2D eigenvalue weighted by molar-refractivity contribution is -0.148. The van der Waals surface area contributed by atoms with Crippen molar-refractivity contribution in [3.8, 4) is 0 Å². The first-order chi connectivity index (χ1) is 8.54. The Labute approximate surface area is 111 Å². The zero-order valence-corrected chi connectivity index (χ0v) is 12.5. The largest absolute Gasteiger partial charge is 0.468 e. The minimum absolute atomic E-state index is 0.118. The molecule has 1 rings (SSSR count). The van der Waals surface area contributed by atoms with Crippen molar-refractivity contribution >= 4 is 5.97 Å². The third kappa shape index (κ3) is 2.86. The van der Waals surface area contributed by atoms with E-state index in [1.807, 2.05) is 7.05 Å². The van der Waals surface area contributed by atoms with E-state index in [2.05, 4.69) is 31.0 Å². The molecular weight excluding hydrogens is 228 g/mol. The van der Waals surface area contributed by atoms with Gasteiger partial charge in [0, 0.05) is 12.1 Å². The molecule has 3 atom stereocenters. The lowest BCUT2D eigenvalue weighted by atomic mass is 9.97. The highest BCUT2D eigenvalue weighted by Gasteiger charge is 2.46. The van der Waals surface area contributed by atoms with E-state index in [4.69, 9.17) is 4.74 Å². The summed E-state index contributed by atoms with van der Waals surface area (Å²) in [6.45, 7) is 7.72. The van der Waals surface area contributed by atoms with Crippen molar-refractivity contribution in [2.24, 2.45) is 0 Å². The number of esters is 1. The molecule has 0 saturated heterocycles. The summed E-state index contributed by atoms with van der Waals surface area (Å²) in [5, 5.41) is 3.19. The zero-order valence-electron chi connectivity index (χ0n) is 12.5. The van der Waals surface area contributed by atoms with Crippen LogP contribution >= 0.6 is 0 Å². The molecule has 1 N–H and O–H groups in total. The highest BCUT2D eigenvalue weighted by Crippen LogP contribution is 2.34. The van der Waals surface area contributed by atoms with Crippen LogP contribution in [0, 0.1) is 0 Å². The van der Waals surface area contributed by atoms with E-state index in [0.717, 1.165) is 32.2 Å². The molecule has 0 heterocycles. The molecule has 0 aromatic heterocycles. The molecule has 1 fully saturated rings. The van der Waals surface area contributed by atoms with Gasteiger partial charge in [-0.3, -0.25) is 9.69 Å². The second-order valence-electron chi connectivity index (χ2n) is 5.31. The Morgan fingerprint density at radius 3 is 2.67 bits per heavy atom. The van der Waals surface area contributed by atoms with Crippen LogP contribution in [-0.4, -0.2) is 49.2 Å². The summed E-state index contributed by atoms with van der Waals surface area (Å²) in [5.41, 5.74) is -0.472. The molecule has 1 saturated carbocycles. The molecule has 4 nitrogen and oxygen atoms in total. The number of hydrogen-bond donors (Lipinski definition) is 1. The number of nitrogens with zero attached hydrogens (tertiary/aromatic N) is 1. The molecule has 0 aromatic carbocycles. The first kappa shape index (κ1) is 15.4. The summed E-state index contributed by atoms with van der Waals surface area (Å²) >= 11 is 0. The molecule has 0 radical (unpaired) electrons. The molecule has 0 bridgehead atoms. The van der Waals surface area contributed by atoms with Crippen LogP contribution < -0.4 is 5.32 Å². The van der Waals surface area contributed by atoms with E-state index in [0.29, 0.717) is 12.1 Å². The fraction of sp³-hybridized carbons (Fsp3) is 0.929. The molecule has 0 spiro atoms. The second-order valence-corrected chi connectivity index (χ2v) is 5.31. The molecule has 0 aromatic rings. The number of carbonyl (C=O) groups is 1. The van der Waals surface area contributed by atoms with Gasteiger partial charge in [-0.2, -0.15) is 0 Å². The van der Waals surface area contributed by atoms with Gasteiger partial charge in [-0.05, 0) is 46.2 Å². The van der Waals surface area contributed by atoms with Crippen molar-refractivity contribution in [1.29, 1.82) is 0 Å². The predicted molar refractivity (Wildman–Crippen MR) is 73.6 cm³/mol. The summed E-state index contributed by atoms with van der Waals surface area (Å²) in [6, 6.07) is 1.06. The summed E-state index contributed by atoms with van der Waals surface area (Å²) < 4.78 is 4.96. The Kier molecular flexibility index (Phi) is 5.60. The van der Waals surface area contributed by atoms with E-state index in [-0.39, 0.29) is 5.97 Å². The van der Waals surface area contributed by atoms with Crippen molar-refractivity contribution in [2.45, 2.75) is 64.1 Å². The smallest absolute Gasteiger partial charge is 0.326 e. The first-order valence-corrected chi connectivity index (χ1v) is 7.07. The van der Waals surface area contributed by atoms with Crippen LogP contribution in [0.25, 0.3) is 0 Å². The second kappa shape index (κ2) is 6.53. The molecule has 1 aliphatic rings. The Morgan fingerprint density at radius 2 is 2.22 bits per heavy atom. The van der Waals surface area contributed by atoms with E-state index in [1.54, 1.807) is 0 Å². The lowest BCUT2D eigenvalue weighted by Crippen LogP contribution is -2.51. The first-order valence-electron chi connectivity index (χ1n) is 7.07. The molecule has 18 heavy (non-hydrogen) atoms. The standard InChI is InChI=1S/C14H28N2O2/c1-6-11(3)16(7-2)12-8-9-14(10-12,15-4)13(17)18-5/h11-12,15H,6-10H2,1-5H3. The van der Waals surface area contributed by atoms with Gasteiger partial charge >= 0.3 is 5.97 Å². The van der Waals surface area contributed by atoms with Crippen LogP contribution in [0.15, 0.2) is 0 Å². The van der Waals surface area contributed by atoms with E-state index in [9.17, 15) is 4.79 Å². The van der Waals surface area contributed by atoms with Gasteiger partial charge in [-0.1, -0.05) is 13.8 Å². The molecule has 0 aliphatic heterocycles. The number of rotatable bonds is 6. The average molecular weight is 256 g/mol. The van der Waals surface area contributed by atoms with Crippen molar-refractivity contribution in [3.05, 3.63) is 0 Å². The summed E-state index contributed by atoms with van der Waals surface area (Å²) in [4.78, 5) is 14.5. The molecular formula is C14H28N2O2. The third-order valence-electron chi connectivity index (χ3n) is 4.53. The quantitative estimate of drug-likeness (QED) is 0.736. The molecule has 3 unspecified atom stereocenters. The SMILES string of the molecule is CCC(C)N(CC)C1CCC(NC)(C(=O)OC)C1. The Bertz CT molecular complexity index is 283. The third-order valence-corrected chi connectivity index (χ3v) is 4.53. The summed E-state index contributed by atoms with van der Waals surface area (Å²) in [5.74, 6) is -0.118. The average Bonchev–Trinajstić information content (AvgIpc) is 2.84. The van der Waals surface area contributed by atoms with Crippen LogP contribution in [-0.2, 0) is 9.53 Å². The Morgan fingerprint density at radius 1 is 1.56 bits per heavy atom. The van der Waals surface area contributed by atoms with Crippen molar-refractivity contribution in [1.82, 2.24) is 10.2 Å². The van der Waals surface area contributed by atoms with Gasteiger partial charge in [0.2, 0.25) is 0 Å². The van der Waals surface area contributed by atoms with Gasteiger partial charge in [-0.25, -0.2) is 0 Å². The minimum Gasteiger partial charge on any atom is -0.468 e. The normalized spacial score (nSPS) is 29.6. The van der Waals surface area contributed by atoms with Gasteiger partial charge in [0.1, 0.15) is 5.54 Å². The Hall–Kier alpha value is -0.610. The van der Waals surface area contributed by atoms with E-state index < -0.39 is 5.54 Å².